The van der Waals surface area contributed by atoms with Gasteiger partial charge in [0.15, 0.2) is 0 Å². The standard InChI is InChI=1S/C13H24N2O2/c16-12-6-5-10(7-12)8-15-13(17)9-14-11-3-1-2-4-11/h10-12,14,16H,1-9H2,(H,15,17). The van der Waals surface area contributed by atoms with Crippen LogP contribution in [0.3, 0.4) is 0 Å². The van der Waals surface area contributed by atoms with Crippen LogP contribution >= 0.6 is 0 Å². The Morgan fingerprint density at radius 1 is 1.18 bits per heavy atom. The van der Waals surface area contributed by atoms with E-state index in [1.54, 1.807) is 0 Å². The summed E-state index contributed by atoms with van der Waals surface area (Å²) in [6, 6.07) is 0.550. The van der Waals surface area contributed by atoms with Gasteiger partial charge in [-0.25, -0.2) is 0 Å². The Kier molecular flexibility index (Phi) is 4.80. The Morgan fingerprint density at radius 3 is 2.59 bits per heavy atom. The lowest BCUT2D eigenvalue weighted by Gasteiger charge is -2.13. The number of hydrogen-bond acceptors (Lipinski definition) is 3. The van der Waals surface area contributed by atoms with E-state index in [1.165, 1.54) is 25.7 Å². The maximum atomic E-state index is 11.6. The maximum Gasteiger partial charge on any atom is 0.233 e. The van der Waals surface area contributed by atoms with Crippen molar-refractivity contribution >= 4 is 5.91 Å². The van der Waals surface area contributed by atoms with Gasteiger partial charge in [0.05, 0.1) is 12.6 Å². The second-order valence-corrected chi connectivity index (χ2v) is 5.50. The van der Waals surface area contributed by atoms with Crippen LogP contribution in [0.1, 0.15) is 44.9 Å². The average molecular weight is 240 g/mol. The number of nitrogens with one attached hydrogen (secondary N) is 2. The highest BCUT2D eigenvalue weighted by Crippen LogP contribution is 2.24. The van der Waals surface area contributed by atoms with Crippen molar-refractivity contribution in [2.24, 2.45) is 5.92 Å². The molecule has 0 aromatic rings. The lowest BCUT2D eigenvalue weighted by Crippen LogP contribution is -2.39. The van der Waals surface area contributed by atoms with Crippen LogP contribution in [-0.2, 0) is 4.79 Å². The first-order valence-electron chi connectivity index (χ1n) is 6.92. The molecule has 1 amide bonds. The van der Waals surface area contributed by atoms with Crippen LogP contribution in [0.25, 0.3) is 0 Å². The molecule has 2 saturated carbocycles. The second-order valence-electron chi connectivity index (χ2n) is 5.50. The first-order valence-corrected chi connectivity index (χ1v) is 6.92. The van der Waals surface area contributed by atoms with Crippen LogP contribution < -0.4 is 10.6 Å². The monoisotopic (exact) mass is 240 g/mol. The number of hydrogen-bond donors (Lipinski definition) is 3. The molecule has 2 rings (SSSR count). The molecule has 0 aliphatic heterocycles. The molecular formula is C13H24N2O2. The fourth-order valence-electron chi connectivity index (χ4n) is 2.92. The zero-order valence-corrected chi connectivity index (χ0v) is 10.5. The molecule has 2 unspecified atom stereocenters. The van der Waals surface area contributed by atoms with Crippen molar-refractivity contribution in [3.05, 3.63) is 0 Å². The zero-order valence-electron chi connectivity index (χ0n) is 10.5. The summed E-state index contributed by atoms with van der Waals surface area (Å²) in [5.74, 6) is 0.568. The SMILES string of the molecule is O=C(CNC1CCCC1)NCC1CCC(O)C1. The first kappa shape index (κ1) is 12.8. The normalized spacial score (nSPS) is 29.7. The smallest absolute Gasteiger partial charge is 0.233 e. The van der Waals surface area contributed by atoms with Crippen molar-refractivity contribution in [2.45, 2.75) is 57.1 Å². The van der Waals surface area contributed by atoms with Crippen LogP contribution in [0.5, 0.6) is 0 Å². The average Bonchev–Trinajstić information content (AvgIpc) is 2.95. The lowest BCUT2D eigenvalue weighted by atomic mass is 10.1. The van der Waals surface area contributed by atoms with E-state index < -0.39 is 0 Å². The van der Waals surface area contributed by atoms with Gasteiger partial charge >= 0.3 is 0 Å². The number of aliphatic hydroxyl groups is 1. The molecule has 2 atom stereocenters. The summed E-state index contributed by atoms with van der Waals surface area (Å²) in [5.41, 5.74) is 0. The number of carbonyl (C=O) groups is 1. The van der Waals surface area contributed by atoms with Crippen LogP contribution in [0.4, 0.5) is 0 Å². The van der Waals surface area contributed by atoms with E-state index in [2.05, 4.69) is 10.6 Å². The molecule has 4 nitrogen and oxygen atoms in total. The highest BCUT2D eigenvalue weighted by Gasteiger charge is 2.23. The summed E-state index contributed by atoms with van der Waals surface area (Å²) in [6.07, 6.45) is 7.63. The Morgan fingerprint density at radius 2 is 1.94 bits per heavy atom. The fourth-order valence-corrected chi connectivity index (χ4v) is 2.92. The van der Waals surface area contributed by atoms with Gasteiger partial charge in [-0.15, -0.1) is 0 Å². The van der Waals surface area contributed by atoms with Gasteiger partial charge in [-0.3, -0.25) is 4.79 Å². The minimum Gasteiger partial charge on any atom is -0.393 e. The zero-order chi connectivity index (χ0) is 12.1. The largest absolute Gasteiger partial charge is 0.393 e. The van der Waals surface area contributed by atoms with Crippen LogP contribution in [0.2, 0.25) is 0 Å². The van der Waals surface area contributed by atoms with E-state index in [9.17, 15) is 9.90 Å². The molecule has 0 aromatic carbocycles. The van der Waals surface area contributed by atoms with Gasteiger partial charge in [-0.05, 0) is 38.0 Å². The van der Waals surface area contributed by atoms with Crippen LogP contribution in [0, 0.1) is 5.92 Å². The molecule has 4 heteroatoms. The van der Waals surface area contributed by atoms with Gasteiger partial charge in [0.1, 0.15) is 0 Å². The number of amides is 1. The van der Waals surface area contributed by atoms with E-state index in [-0.39, 0.29) is 12.0 Å². The fraction of sp³-hybridized carbons (Fsp3) is 0.923. The Bertz CT molecular complexity index is 252. The summed E-state index contributed by atoms with van der Waals surface area (Å²) in [4.78, 5) is 11.6. The van der Waals surface area contributed by atoms with Crippen molar-refractivity contribution in [2.75, 3.05) is 13.1 Å². The molecule has 0 radical (unpaired) electrons. The number of aliphatic hydroxyl groups excluding tert-OH is 1. The van der Waals surface area contributed by atoms with Gasteiger partial charge in [-0.2, -0.15) is 0 Å². The second kappa shape index (κ2) is 6.36. The molecule has 2 aliphatic rings. The predicted octanol–water partition coefficient (Wildman–Crippen LogP) is 0.796. The molecule has 0 heterocycles. The lowest BCUT2D eigenvalue weighted by molar-refractivity contribution is -0.120. The molecule has 2 fully saturated rings. The molecule has 0 saturated heterocycles. The molecule has 17 heavy (non-hydrogen) atoms. The number of carbonyl (C=O) groups excluding carboxylic acids is 1. The van der Waals surface area contributed by atoms with Crippen molar-refractivity contribution in [3.8, 4) is 0 Å². The quantitative estimate of drug-likeness (QED) is 0.666. The summed E-state index contributed by atoms with van der Waals surface area (Å²) in [7, 11) is 0. The number of rotatable bonds is 5. The highest BCUT2D eigenvalue weighted by atomic mass is 16.3. The van der Waals surface area contributed by atoms with Crippen LogP contribution in [-0.4, -0.2) is 36.2 Å². The van der Waals surface area contributed by atoms with Crippen molar-refractivity contribution < 1.29 is 9.90 Å². The summed E-state index contributed by atoms with van der Waals surface area (Å²) in [5, 5.41) is 15.6. The molecule has 2 aliphatic carbocycles. The third-order valence-corrected chi connectivity index (χ3v) is 4.01. The van der Waals surface area contributed by atoms with Gasteiger partial charge in [0.2, 0.25) is 5.91 Å². The van der Waals surface area contributed by atoms with Gasteiger partial charge in [-0.1, -0.05) is 12.8 Å². The van der Waals surface area contributed by atoms with Gasteiger partial charge in [0, 0.05) is 12.6 Å². The van der Waals surface area contributed by atoms with E-state index >= 15 is 0 Å². The molecule has 0 bridgehead atoms. The Hall–Kier alpha value is -0.610. The van der Waals surface area contributed by atoms with Gasteiger partial charge in [0.25, 0.3) is 0 Å². The predicted molar refractivity (Wildman–Crippen MR) is 66.6 cm³/mol. The molecule has 3 N–H and O–H groups in total. The van der Waals surface area contributed by atoms with E-state index in [0.29, 0.717) is 18.5 Å². The maximum absolute atomic E-state index is 11.6. The van der Waals surface area contributed by atoms with E-state index in [0.717, 1.165) is 25.8 Å². The molecule has 0 spiro atoms. The third-order valence-electron chi connectivity index (χ3n) is 4.01. The van der Waals surface area contributed by atoms with Crippen LogP contribution in [0.15, 0.2) is 0 Å². The summed E-state index contributed by atoms with van der Waals surface area (Å²) < 4.78 is 0. The summed E-state index contributed by atoms with van der Waals surface area (Å²) >= 11 is 0. The molecule has 98 valence electrons. The molecular weight excluding hydrogens is 216 g/mol. The Balaban J connectivity index is 1.54. The van der Waals surface area contributed by atoms with Crippen molar-refractivity contribution in [3.63, 3.8) is 0 Å². The topological polar surface area (TPSA) is 61.4 Å². The minimum atomic E-state index is -0.145. The first-order chi connectivity index (χ1) is 8.24. The van der Waals surface area contributed by atoms with Crippen molar-refractivity contribution in [1.82, 2.24) is 10.6 Å². The van der Waals surface area contributed by atoms with Gasteiger partial charge < -0.3 is 15.7 Å². The van der Waals surface area contributed by atoms with Crippen molar-refractivity contribution in [1.29, 1.82) is 0 Å². The Labute approximate surface area is 103 Å². The van der Waals surface area contributed by atoms with E-state index in [1.807, 2.05) is 0 Å². The molecule has 0 aromatic heterocycles. The highest BCUT2D eigenvalue weighted by molar-refractivity contribution is 5.78. The van der Waals surface area contributed by atoms with E-state index in [4.69, 9.17) is 0 Å². The summed E-state index contributed by atoms with van der Waals surface area (Å²) in [6.45, 7) is 1.17. The third kappa shape index (κ3) is 4.28. The minimum absolute atomic E-state index is 0.0956.